The van der Waals surface area contributed by atoms with Crippen LogP contribution >= 0.6 is 0 Å². The maximum atomic E-state index is 12.7. The number of halogens is 1. The molecule has 0 aliphatic carbocycles. The van der Waals surface area contributed by atoms with E-state index in [-0.39, 0.29) is 19.8 Å². The number of ether oxygens (including phenoxy) is 13. The number of hydrogen-bond donors (Lipinski definition) is 2. The summed E-state index contributed by atoms with van der Waals surface area (Å²) in [5, 5.41) is 6.23. The molecule has 2 heterocycles. The first-order valence-electron chi connectivity index (χ1n) is 24.2. The average molecular weight is 995 g/mol. The molecule has 0 amide bonds. The second-order valence-corrected chi connectivity index (χ2v) is 15.2. The highest BCUT2D eigenvalue weighted by molar-refractivity contribution is 5.71. The molecule has 4 aromatic rings. The lowest BCUT2D eigenvalue weighted by atomic mass is 10.1. The Balaban J connectivity index is 0.832. The maximum Gasteiger partial charge on any atom is 0.213 e. The molecular formula is C53H75FN4O13. The Bertz CT molecular complexity index is 1780. The molecule has 0 spiro atoms. The van der Waals surface area contributed by atoms with Crippen LogP contribution in [0.1, 0.15) is 22.3 Å². The summed E-state index contributed by atoms with van der Waals surface area (Å²) in [4.78, 5) is 8.71. The minimum Gasteiger partial charge on any atom is -0.475 e. The van der Waals surface area contributed by atoms with Crippen LogP contribution in [0.25, 0.3) is 24.3 Å². The molecule has 0 saturated heterocycles. The van der Waals surface area contributed by atoms with Crippen LogP contribution in [0.3, 0.4) is 0 Å². The van der Waals surface area contributed by atoms with E-state index in [0.29, 0.717) is 144 Å². The first kappa shape index (κ1) is 58.5. The van der Waals surface area contributed by atoms with Gasteiger partial charge >= 0.3 is 0 Å². The first-order valence-corrected chi connectivity index (χ1v) is 24.2. The minimum atomic E-state index is -0.588. The van der Waals surface area contributed by atoms with Gasteiger partial charge in [0.1, 0.15) is 26.0 Å². The Labute approximate surface area is 419 Å². The van der Waals surface area contributed by atoms with Crippen LogP contribution in [0.15, 0.2) is 85.2 Å². The van der Waals surface area contributed by atoms with Crippen molar-refractivity contribution in [2.45, 2.75) is 6.10 Å². The number of nitrogens with one attached hydrogen (secondary N) is 2. The van der Waals surface area contributed by atoms with Crippen LogP contribution in [-0.4, -0.2) is 189 Å². The van der Waals surface area contributed by atoms with E-state index in [4.69, 9.17) is 61.6 Å². The summed E-state index contributed by atoms with van der Waals surface area (Å²) in [5.41, 5.74) is 6.35. The standard InChI is InChI=1S/C53H75FN4O13/c1-55-49-13-7-45(8-14-49)3-5-47-11-17-52(57-41-47)70-39-37-65-31-29-61-23-21-59-25-27-63-33-35-67-43-51(69-20-19-54)44-68-36-34-64-28-26-60-22-24-62-30-32-66-38-40-71-53-18-12-48(42-58-53)6-4-46-9-15-50(56-2)16-10-46/h3-18,41-42,51,55-56H,19-40,43-44H2,1-2H3/b5-3+,6-4+. The zero-order valence-corrected chi connectivity index (χ0v) is 41.5. The van der Waals surface area contributed by atoms with Gasteiger partial charge in [-0.2, -0.15) is 0 Å². The predicted octanol–water partition coefficient (Wildman–Crippen LogP) is 6.88. The van der Waals surface area contributed by atoms with Crippen molar-refractivity contribution in [3.05, 3.63) is 107 Å². The van der Waals surface area contributed by atoms with Gasteiger partial charge in [-0.15, -0.1) is 0 Å². The molecule has 4 rings (SSSR count). The Morgan fingerprint density at radius 2 is 0.676 bits per heavy atom. The number of rotatable bonds is 45. The SMILES string of the molecule is CNc1ccc(/C=C/c2ccc(OCCOCCOCCOCCOCCOCC(COCCOCCOCCOCCOCCOc3ccc(/C=C/c4ccc(NC)cc4)cn3)OCCF)nc2)cc1. The molecule has 17 nitrogen and oxygen atoms in total. The molecule has 0 saturated carbocycles. The van der Waals surface area contributed by atoms with Gasteiger partial charge in [0.2, 0.25) is 11.8 Å². The molecule has 0 aliphatic rings. The van der Waals surface area contributed by atoms with Gasteiger partial charge in [0, 0.05) is 50.0 Å². The van der Waals surface area contributed by atoms with E-state index in [9.17, 15) is 4.39 Å². The van der Waals surface area contributed by atoms with Crippen molar-refractivity contribution in [3.63, 3.8) is 0 Å². The molecule has 0 bridgehead atoms. The third-order valence-corrected chi connectivity index (χ3v) is 9.82. The number of alkyl halides is 1. The van der Waals surface area contributed by atoms with Gasteiger partial charge in [-0.25, -0.2) is 14.4 Å². The molecule has 0 aliphatic heterocycles. The predicted molar refractivity (Wildman–Crippen MR) is 273 cm³/mol. The lowest BCUT2D eigenvalue weighted by Gasteiger charge is -2.17. The van der Waals surface area contributed by atoms with Gasteiger partial charge in [-0.1, -0.05) is 48.6 Å². The maximum absolute atomic E-state index is 12.7. The zero-order chi connectivity index (χ0) is 49.9. The fraction of sp³-hybridized carbons (Fsp3) is 0.509. The monoisotopic (exact) mass is 995 g/mol. The van der Waals surface area contributed by atoms with Crippen molar-refractivity contribution in [2.24, 2.45) is 0 Å². The van der Waals surface area contributed by atoms with Gasteiger partial charge in [-0.3, -0.25) is 0 Å². The highest BCUT2D eigenvalue weighted by Gasteiger charge is 2.10. The smallest absolute Gasteiger partial charge is 0.213 e. The molecule has 18 heteroatoms. The second kappa shape index (κ2) is 40.5. The number of nitrogens with zero attached hydrogens (tertiary/aromatic N) is 2. The summed E-state index contributed by atoms with van der Waals surface area (Å²) in [7, 11) is 3.80. The van der Waals surface area contributed by atoms with Crippen LogP contribution in [0.2, 0.25) is 0 Å². The summed E-state index contributed by atoms with van der Waals surface area (Å²) < 4.78 is 85.4. The van der Waals surface area contributed by atoms with Crippen LogP contribution < -0.4 is 20.1 Å². The minimum absolute atomic E-state index is 0.0288. The van der Waals surface area contributed by atoms with Crippen LogP contribution in [0.5, 0.6) is 11.8 Å². The summed E-state index contributed by atoms with van der Waals surface area (Å²) >= 11 is 0. The van der Waals surface area contributed by atoms with E-state index in [2.05, 4.69) is 44.9 Å². The van der Waals surface area contributed by atoms with Crippen molar-refractivity contribution in [1.29, 1.82) is 0 Å². The van der Waals surface area contributed by atoms with E-state index in [1.165, 1.54) is 0 Å². The van der Waals surface area contributed by atoms with Crippen LogP contribution in [0, 0.1) is 0 Å². The zero-order valence-electron chi connectivity index (χ0n) is 41.5. The summed E-state index contributed by atoms with van der Waals surface area (Å²) in [6, 6.07) is 24.0. The molecule has 2 aromatic heterocycles. The van der Waals surface area contributed by atoms with Gasteiger partial charge < -0.3 is 72.2 Å². The lowest BCUT2D eigenvalue weighted by molar-refractivity contribution is -0.0779. The summed E-state index contributed by atoms with van der Waals surface area (Å²) in [6.07, 6.45) is 11.3. The molecule has 71 heavy (non-hydrogen) atoms. The molecule has 0 fully saturated rings. The van der Waals surface area contributed by atoms with Crippen LogP contribution in [0.4, 0.5) is 15.8 Å². The molecule has 0 unspecified atom stereocenters. The number of anilines is 2. The Hall–Kier alpha value is -5.09. The first-order chi connectivity index (χ1) is 35.1. The number of benzene rings is 2. The van der Waals surface area contributed by atoms with E-state index in [1.54, 1.807) is 12.4 Å². The third-order valence-electron chi connectivity index (χ3n) is 9.82. The molecular weight excluding hydrogens is 920 g/mol. The Kier molecular flexibility index (Phi) is 33.4. The molecule has 0 radical (unpaired) electrons. The molecule has 2 N–H and O–H groups in total. The summed E-state index contributed by atoms with van der Waals surface area (Å²) in [5.74, 6) is 1.10. The Morgan fingerprint density at radius 3 is 0.972 bits per heavy atom. The topological polar surface area (TPSA) is 170 Å². The van der Waals surface area contributed by atoms with Gasteiger partial charge in [0.25, 0.3) is 0 Å². The van der Waals surface area contributed by atoms with Crippen LogP contribution in [-0.2, 0) is 52.1 Å². The van der Waals surface area contributed by atoms with Crippen molar-refractivity contribution in [1.82, 2.24) is 9.97 Å². The Morgan fingerprint density at radius 1 is 0.380 bits per heavy atom. The van der Waals surface area contributed by atoms with Gasteiger partial charge in [0.15, 0.2) is 0 Å². The highest BCUT2D eigenvalue weighted by atomic mass is 19.1. The average Bonchev–Trinajstić information content (AvgIpc) is 3.41. The van der Waals surface area contributed by atoms with Gasteiger partial charge in [0.05, 0.1) is 139 Å². The lowest BCUT2D eigenvalue weighted by Crippen LogP contribution is -2.28. The van der Waals surface area contributed by atoms with Crippen molar-refractivity contribution >= 4 is 35.7 Å². The largest absolute Gasteiger partial charge is 0.475 e. The van der Waals surface area contributed by atoms with E-state index in [1.807, 2.05) is 86.9 Å². The normalized spacial score (nSPS) is 11.6. The van der Waals surface area contributed by atoms with Crippen molar-refractivity contribution < 1.29 is 66.0 Å². The van der Waals surface area contributed by atoms with E-state index >= 15 is 0 Å². The fourth-order valence-corrected chi connectivity index (χ4v) is 6.01. The van der Waals surface area contributed by atoms with Crippen molar-refractivity contribution in [3.8, 4) is 11.8 Å². The quantitative estimate of drug-likeness (QED) is 0.0439. The number of hydrogen-bond acceptors (Lipinski definition) is 17. The van der Waals surface area contributed by atoms with E-state index in [0.717, 1.165) is 33.6 Å². The fourth-order valence-electron chi connectivity index (χ4n) is 6.01. The third kappa shape index (κ3) is 29.8. The van der Waals surface area contributed by atoms with Gasteiger partial charge in [-0.05, 0) is 58.7 Å². The second-order valence-electron chi connectivity index (χ2n) is 15.2. The number of aromatic nitrogens is 2. The molecule has 2 aromatic carbocycles. The van der Waals surface area contributed by atoms with Crippen molar-refractivity contribution in [2.75, 3.05) is 183 Å². The number of pyridine rings is 2. The van der Waals surface area contributed by atoms with E-state index < -0.39 is 12.8 Å². The highest BCUT2D eigenvalue weighted by Crippen LogP contribution is 2.15. The summed E-state index contributed by atoms with van der Waals surface area (Å²) in [6.45, 7) is 8.37. The molecule has 392 valence electrons. The molecule has 0 atom stereocenters.